The molecule has 0 aliphatic heterocycles. The van der Waals surface area contributed by atoms with Gasteiger partial charge in [0.2, 0.25) is 0 Å². The van der Waals surface area contributed by atoms with Crippen molar-refractivity contribution in [1.82, 2.24) is 5.32 Å². The number of halogens is 2. The minimum absolute atomic E-state index is 0.137. The van der Waals surface area contributed by atoms with Gasteiger partial charge in [-0.2, -0.15) is 0 Å². The lowest BCUT2D eigenvalue weighted by atomic mass is 10.1. The lowest BCUT2D eigenvalue weighted by molar-refractivity contribution is -0.136. The zero-order valence-electron chi connectivity index (χ0n) is 11.0. The van der Waals surface area contributed by atoms with E-state index < -0.39 is 29.1 Å². The van der Waals surface area contributed by atoms with Gasteiger partial charge in [0.25, 0.3) is 0 Å². The average Bonchev–Trinajstić information content (AvgIpc) is 2.42. The molecule has 1 aromatic rings. The van der Waals surface area contributed by atoms with E-state index in [1.54, 1.807) is 6.92 Å². The van der Waals surface area contributed by atoms with Crippen molar-refractivity contribution in [1.29, 1.82) is 0 Å². The van der Waals surface area contributed by atoms with Crippen LogP contribution in [0.4, 0.5) is 14.5 Å². The third kappa shape index (κ3) is 4.27. The van der Waals surface area contributed by atoms with Crippen LogP contribution in [0.5, 0.6) is 0 Å². The van der Waals surface area contributed by atoms with Crippen molar-refractivity contribution in [2.24, 2.45) is 0 Å². The summed E-state index contributed by atoms with van der Waals surface area (Å²) in [6.45, 7) is 1.64. The first kappa shape index (κ1) is 16.0. The van der Waals surface area contributed by atoms with Crippen LogP contribution in [-0.2, 0) is 9.59 Å². The molecule has 110 valence electrons. The molecule has 1 aromatic carbocycles. The molecular formula is C13H16F2N2O3. The van der Waals surface area contributed by atoms with Gasteiger partial charge >= 0.3 is 11.8 Å². The number of anilines is 1. The molecule has 1 rings (SSSR count). The number of rotatable bonds is 5. The van der Waals surface area contributed by atoms with Crippen LogP contribution in [-0.4, -0.2) is 29.6 Å². The Labute approximate surface area is 115 Å². The standard InChI is InChI=1S/C13H16F2N2O3/c1-2-8(6-7-18)16-12(19)13(20)17-11-9(14)4-3-5-10(11)15/h3-5,8,18H,2,6-7H2,1H3,(H,16,19)(H,17,20). The molecule has 2 amide bonds. The van der Waals surface area contributed by atoms with Crippen molar-refractivity contribution in [3.8, 4) is 0 Å². The minimum Gasteiger partial charge on any atom is -0.396 e. The topological polar surface area (TPSA) is 78.4 Å². The van der Waals surface area contributed by atoms with Crippen LogP contribution in [0.2, 0.25) is 0 Å². The fraction of sp³-hybridized carbons (Fsp3) is 0.385. The van der Waals surface area contributed by atoms with Gasteiger partial charge in [-0.05, 0) is 25.0 Å². The smallest absolute Gasteiger partial charge is 0.313 e. The Hall–Kier alpha value is -2.02. The monoisotopic (exact) mass is 286 g/mol. The quantitative estimate of drug-likeness (QED) is 0.711. The zero-order valence-corrected chi connectivity index (χ0v) is 11.0. The van der Waals surface area contributed by atoms with Crippen molar-refractivity contribution < 1.29 is 23.5 Å². The van der Waals surface area contributed by atoms with Crippen LogP contribution in [0.3, 0.4) is 0 Å². The molecule has 0 bridgehead atoms. The summed E-state index contributed by atoms with van der Waals surface area (Å²) in [6.07, 6.45) is 0.817. The van der Waals surface area contributed by atoms with Crippen molar-refractivity contribution in [2.45, 2.75) is 25.8 Å². The molecule has 0 aliphatic rings. The predicted octanol–water partition coefficient (Wildman–Crippen LogP) is 1.18. The number of carbonyl (C=O) groups excluding carboxylic acids is 2. The van der Waals surface area contributed by atoms with Crippen molar-refractivity contribution in [2.75, 3.05) is 11.9 Å². The lowest BCUT2D eigenvalue weighted by Crippen LogP contribution is -2.42. The second-order valence-electron chi connectivity index (χ2n) is 4.14. The van der Waals surface area contributed by atoms with Crippen molar-refractivity contribution in [3.05, 3.63) is 29.8 Å². The summed E-state index contributed by atoms with van der Waals surface area (Å²) in [7, 11) is 0. The molecule has 0 fully saturated rings. The van der Waals surface area contributed by atoms with Gasteiger partial charge in [0.15, 0.2) is 0 Å². The maximum absolute atomic E-state index is 13.3. The Balaban J connectivity index is 2.69. The maximum atomic E-state index is 13.3. The van der Waals surface area contributed by atoms with Crippen molar-refractivity contribution >= 4 is 17.5 Å². The molecule has 0 saturated heterocycles. The van der Waals surface area contributed by atoms with Gasteiger partial charge in [-0.15, -0.1) is 0 Å². The van der Waals surface area contributed by atoms with Gasteiger partial charge in [-0.25, -0.2) is 8.78 Å². The highest BCUT2D eigenvalue weighted by molar-refractivity contribution is 6.39. The van der Waals surface area contributed by atoms with Gasteiger partial charge in [-0.1, -0.05) is 13.0 Å². The molecule has 3 N–H and O–H groups in total. The molecular weight excluding hydrogens is 270 g/mol. The molecule has 0 aromatic heterocycles. The van der Waals surface area contributed by atoms with E-state index in [-0.39, 0.29) is 12.6 Å². The van der Waals surface area contributed by atoms with E-state index in [1.807, 2.05) is 5.32 Å². The van der Waals surface area contributed by atoms with Crippen LogP contribution in [0, 0.1) is 11.6 Å². The number of hydrogen-bond acceptors (Lipinski definition) is 3. The SMILES string of the molecule is CCC(CCO)NC(=O)C(=O)Nc1c(F)cccc1F. The van der Waals surface area contributed by atoms with Crippen LogP contribution >= 0.6 is 0 Å². The van der Waals surface area contributed by atoms with Crippen molar-refractivity contribution in [3.63, 3.8) is 0 Å². The fourth-order valence-corrected chi connectivity index (χ4v) is 1.57. The maximum Gasteiger partial charge on any atom is 0.313 e. The number of hydrogen-bond donors (Lipinski definition) is 3. The first-order chi connectivity index (χ1) is 9.49. The third-order valence-electron chi connectivity index (χ3n) is 2.71. The molecule has 7 heteroatoms. The number of aliphatic hydroxyl groups is 1. The lowest BCUT2D eigenvalue weighted by Gasteiger charge is -2.15. The number of benzene rings is 1. The molecule has 0 saturated carbocycles. The summed E-state index contributed by atoms with van der Waals surface area (Å²) < 4.78 is 26.6. The molecule has 0 heterocycles. The van der Waals surface area contributed by atoms with E-state index in [0.717, 1.165) is 18.2 Å². The second kappa shape index (κ2) is 7.54. The Morgan fingerprint density at radius 2 is 1.85 bits per heavy atom. The summed E-state index contributed by atoms with van der Waals surface area (Å²) in [4.78, 5) is 23.1. The first-order valence-electron chi connectivity index (χ1n) is 6.16. The molecule has 0 spiro atoms. The highest BCUT2D eigenvalue weighted by atomic mass is 19.1. The van der Waals surface area contributed by atoms with E-state index in [4.69, 9.17) is 5.11 Å². The first-order valence-corrected chi connectivity index (χ1v) is 6.16. The highest BCUT2D eigenvalue weighted by Crippen LogP contribution is 2.17. The van der Waals surface area contributed by atoms with Gasteiger partial charge in [-0.3, -0.25) is 9.59 Å². The van der Waals surface area contributed by atoms with Gasteiger partial charge < -0.3 is 15.7 Å². The summed E-state index contributed by atoms with van der Waals surface area (Å²) in [5.41, 5.74) is -0.664. The van der Waals surface area contributed by atoms with Crippen LogP contribution < -0.4 is 10.6 Å². The number of carbonyl (C=O) groups is 2. The summed E-state index contributed by atoms with van der Waals surface area (Å²) in [5, 5.41) is 13.0. The van der Waals surface area contributed by atoms with Gasteiger partial charge in [0, 0.05) is 12.6 Å². The number of nitrogens with one attached hydrogen (secondary N) is 2. The largest absolute Gasteiger partial charge is 0.396 e. The predicted molar refractivity (Wildman–Crippen MR) is 68.9 cm³/mol. The van der Waals surface area contributed by atoms with E-state index in [0.29, 0.717) is 12.8 Å². The van der Waals surface area contributed by atoms with Gasteiger partial charge in [0.1, 0.15) is 17.3 Å². The molecule has 1 atom stereocenters. The van der Waals surface area contributed by atoms with Crippen LogP contribution in [0.25, 0.3) is 0 Å². The highest BCUT2D eigenvalue weighted by Gasteiger charge is 2.20. The molecule has 0 radical (unpaired) electrons. The third-order valence-corrected chi connectivity index (χ3v) is 2.71. The van der Waals surface area contributed by atoms with Gasteiger partial charge in [0.05, 0.1) is 0 Å². The average molecular weight is 286 g/mol. The Morgan fingerprint density at radius 1 is 1.25 bits per heavy atom. The Kier molecular flexibility index (Phi) is 6.05. The van der Waals surface area contributed by atoms with E-state index in [9.17, 15) is 18.4 Å². The van der Waals surface area contributed by atoms with Crippen LogP contribution in [0.15, 0.2) is 18.2 Å². The summed E-state index contributed by atoms with van der Waals surface area (Å²) in [5.74, 6) is -4.10. The Bertz CT molecular complexity index is 474. The van der Waals surface area contributed by atoms with Crippen LogP contribution in [0.1, 0.15) is 19.8 Å². The molecule has 5 nitrogen and oxygen atoms in total. The molecule has 0 aliphatic carbocycles. The normalized spacial score (nSPS) is 11.8. The van der Waals surface area contributed by atoms with E-state index in [1.165, 1.54) is 0 Å². The second-order valence-corrected chi connectivity index (χ2v) is 4.14. The molecule has 1 unspecified atom stereocenters. The summed E-state index contributed by atoms with van der Waals surface area (Å²) >= 11 is 0. The van der Waals surface area contributed by atoms with E-state index in [2.05, 4.69) is 5.32 Å². The number of aliphatic hydroxyl groups excluding tert-OH is 1. The Morgan fingerprint density at radius 3 is 2.35 bits per heavy atom. The fourth-order valence-electron chi connectivity index (χ4n) is 1.57. The summed E-state index contributed by atoms with van der Waals surface area (Å²) in [6, 6.07) is 2.71. The minimum atomic E-state index is -1.16. The van der Waals surface area contributed by atoms with E-state index >= 15 is 0 Å². The number of para-hydroxylation sites is 1. The number of amides is 2. The zero-order chi connectivity index (χ0) is 15.1. The molecule has 20 heavy (non-hydrogen) atoms.